The molecule has 1 heterocycles. The topological polar surface area (TPSA) is 149 Å². The first kappa shape index (κ1) is 22.1. The number of carbonyl (C=O) groups is 1. The molecule has 0 bridgehead atoms. The predicted octanol–water partition coefficient (Wildman–Crippen LogP) is 0.826. The van der Waals surface area contributed by atoms with E-state index in [1.807, 2.05) is 0 Å². The minimum Gasteiger partial charge on any atom is -0.376 e. The van der Waals surface area contributed by atoms with Gasteiger partial charge in [0, 0.05) is 24.7 Å². The summed E-state index contributed by atoms with van der Waals surface area (Å²) in [5.41, 5.74) is 9.00. The van der Waals surface area contributed by atoms with Crippen molar-refractivity contribution in [3.63, 3.8) is 0 Å². The maximum Gasteiger partial charge on any atom is 0.264 e. The van der Waals surface area contributed by atoms with Crippen LogP contribution in [0, 0.1) is 0 Å². The number of amides is 1. The number of rotatable bonds is 9. The van der Waals surface area contributed by atoms with E-state index in [1.54, 1.807) is 30.3 Å². The van der Waals surface area contributed by atoms with Gasteiger partial charge < -0.3 is 19.5 Å². The summed E-state index contributed by atoms with van der Waals surface area (Å²) in [5, 5.41) is 6.16. The average Bonchev–Trinajstić information content (AvgIpc) is 3.02. The molecule has 1 amide bonds. The smallest absolute Gasteiger partial charge is 0.264 e. The fourth-order valence-corrected chi connectivity index (χ4v) is 3.58. The van der Waals surface area contributed by atoms with Gasteiger partial charge in [-0.05, 0) is 17.7 Å². The number of methoxy groups -OCH3 is 2. The number of benzene rings is 1. The highest BCUT2D eigenvalue weighted by molar-refractivity contribution is 7.86. The van der Waals surface area contributed by atoms with E-state index < -0.39 is 40.8 Å². The summed E-state index contributed by atoms with van der Waals surface area (Å²) in [6.07, 6.45) is -3.02. The number of hydrogen-bond donors (Lipinski definition) is 1. The van der Waals surface area contributed by atoms with Gasteiger partial charge in [0.2, 0.25) is 0 Å². The van der Waals surface area contributed by atoms with E-state index >= 15 is 0 Å². The second-order valence-electron chi connectivity index (χ2n) is 6.02. The largest absolute Gasteiger partial charge is 0.376 e. The van der Waals surface area contributed by atoms with Crippen LogP contribution in [0.25, 0.3) is 10.4 Å². The third-order valence-corrected chi connectivity index (χ3v) is 4.69. The van der Waals surface area contributed by atoms with Crippen molar-refractivity contribution in [3.05, 3.63) is 46.3 Å². The summed E-state index contributed by atoms with van der Waals surface area (Å²) in [6.45, 7) is -0.316. The summed E-state index contributed by atoms with van der Waals surface area (Å²) < 4.78 is 44.7. The van der Waals surface area contributed by atoms with Gasteiger partial charge in [-0.3, -0.25) is 8.98 Å². The minimum atomic E-state index is -3.88. The van der Waals surface area contributed by atoms with Gasteiger partial charge in [0.05, 0.1) is 12.8 Å². The van der Waals surface area contributed by atoms with Crippen LogP contribution in [0.15, 0.2) is 35.4 Å². The van der Waals surface area contributed by atoms with E-state index in [9.17, 15) is 13.2 Å². The van der Waals surface area contributed by atoms with Gasteiger partial charge >= 0.3 is 0 Å². The van der Waals surface area contributed by atoms with E-state index in [0.29, 0.717) is 5.56 Å². The van der Waals surface area contributed by atoms with Crippen molar-refractivity contribution in [2.45, 2.75) is 30.6 Å². The third-order valence-electron chi connectivity index (χ3n) is 4.09. The predicted molar refractivity (Wildman–Crippen MR) is 97.9 cm³/mol. The van der Waals surface area contributed by atoms with Crippen molar-refractivity contribution >= 4 is 16.0 Å². The summed E-state index contributed by atoms with van der Waals surface area (Å²) in [5.74, 6) is -0.380. The standard InChI is InChI=1S/C16H22N4O7S/c1-24-14-12(19-15(21)10-7-5-4-6-8-10)16(25-2)26-13(14)11(9-18-20-17)27-28(3,22)23/h4-8,11-14,16H,9H2,1-3H3,(H,19,21)/t11-,12-,13+,14+,16+/m0/s1. The first-order chi connectivity index (χ1) is 13.3. The van der Waals surface area contributed by atoms with Crippen LogP contribution in [-0.2, 0) is 28.5 Å². The van der Waals surface area contributed by atoms with Crippen LogP contribution in [0.3, 0.4) is 0 Å². The number of hydrogen-bond acceptors (Lipinski definition) is 8. The number of carbonyl (C=O) groups excluding carboxylic acids is 1. The van der Waals surface area contributed by atoms with Crippen LogP contribution < -0.4 is 5.32 Å². The Morgan fingerprint density at radius 3 is 2.54 bits per heavy atom. The zero-order valence-electron chi connectivity index (χ0n) is 15.6. The first-order valence-electron chi connectivity index (χ1n) is 8.26. The number of nitrogens with zero attached hydrogens (tertiary/aromatic N) is 3. The molecule has 0 unspecified atom stereocenters. The fourth-order valence-electron chi connectivity index (χ4n) is 2.96. The molecule has 0 radical (unpaired) electrons. The van der Waals surface area contributed by atoms with Gasteiger partial charge in [-0.2, -0.15) is 8.42 Å². The van der Waals surface area contributed by atoms with Gasteiger partial charge in [0.15, 0.2) is 6.29 Å². The molecule has 2 rings (SSSR count). The Labute approximate surface area is 162 Å². The van der Waals surface area contributed by atoms with Gasteiger partial charge in [-0.15, -0.1) is 0 Å². The molecule has 28 heavy (non-hydrogen) atoms. The molecular formula is C16H22N4O7S. The lowest BCUT2D eigenvalue weighted by Crippen LogP contribution is -2.51. The first-order valence-corrected chi connectivity index (χ1v) is 10.1. The van der Waals surface area contributed by atoms with Crippen LogP contribution in [0.1, 0.15) is 10.4 Å². The van der Waals surface area contributed by atoms with Gasteiger partial charge in [0.1, 0.15) is 24.4 Å². The molecular weight excluding hydrogens is 392 g/mol. The van der Waals surface area contributed by atoms with Crippen molar-refractivity contribution in [3.8, 4) is 0 Å². The number of azide groups is 1. The molecule has 1 aromatic rings. The number of ether oxygens (including phenoxy) is 3. The average molecular weight is 414 g/mol. The van der Waals surface area contributed by atoms with E-state index in [0.717, 1.165) is 6.26 Å². The fraction of sp³-hybridized carbons (Fsp3) is 0.562. The Balaban J connectivity index is 2.26. The summed E-state index contributed by atoms with van der Waals surface area (Å²) >= 11 is 0. The van der Waals surface area contributed by atoms with Gasteiger partial charge in [-0.1, -0.05) is 23.3 Å². The third kappa shape index (κ3) is 5.64. The molecule has 0 aliphatic carbocycles. The second-order valence-corrected chi connectivity index (χ2v) is 7.62. The Morgan fingerprint density at radius 2 is 2.00 bits per heavy atom. The van der Waals surface area contributed by atoms with E-state index in [1.165, 1.54) is 14.2 Å². The number of nitrogens with one attached hydrogen (secondary N) is 1. The lowest BCUT2D eigenvalue weighted by atomic mass is 10.0. The quantitative estimate of drug-likeness (QED) is 0.272. The molecule has 1 aromatic carbocycles. The highest BCUT2D eigenvalue weighted by Crippen LogP contribution is 2.29. The second kappa shape index (κ2) is 9.82. The zero-order chi connectivity index (χ0) is 20.7. The molecule has 1 N–H and O–H groups in total. The van der Waals surface area contributed by atoms with Gasteiger partial charge in [-0.25, -0.2) is 0 Å². The van der Waals surface area contributed by atoms with Crippen molar-refractivity contribution in [2.24, 2.45) is 5.11 Å². The van der Waals surface area contributed by atoms with Crippen molar-refractivity contribution in [1.82, 2.24) is 5.32 Å². The summed E-state index contributed by atoms with van der Waals surface area (Å²) in [7, 11) is -1.12. The van der Waals surface area contributed by atoms with Crippen LogP contribution in [0.2, 0.25) is 0 Å². The molecule has 11 nitrogen and oxygen atoms in total. The Hall–Kier alpha value is -2.21. The van der Waals surface area contributed by atoms with Crippen molar-refractivity contribution in [1.29, 1.82) is 0 Å². The molecule has 0 aromatic heterocycles. The molecule has 1 aliphatic heterocycles. The molecule has 5 atom stereocenters. The monoisotopic (exact) mass is 414 g/mol. The molecule has 1 fully saturated rings. The highest BCUT2D eigenvalue weighted by atomic mass is 32.2. The normalized spacial score (nSPS) is 25.7. The minimum absolute atomic E-state index is 0.316. The molecule has 0 saturated carbocycles. The zero-order valence-corrected chi connectivity index (χ0v) is 16.4. The molecule has 1 saturated heterocycles. The summed E-state index contributed by atoms with van der Waals surface area (Å²) in [6, 6.07) is 7.75. The lowest BCUT2D eigenvalue weighted by molar-refractivity contribution is -0.143. The van der Waals surface area contributed by atoms with E-state index in [-0.39, 0.29) is 12.5 Å². The maximum atomic E-state index is 12.5. The van der Waals surface area contributed by atoms with Crippen LogP contribution in [-0.4, -0.2) is 72.0 Å². The SMILES string of the molecule is CO[C@@H]1O[C@H]([C@H](CN=[N+]=[N-])OS(C)(=O)=O)[C@H](OC)[C@@H]1NC(=O)c1ccccc1. The van der Waals surface area contributed by atoms with Gasteiger partial charge in [0.25, 0.3) is 16.0 Å². The highest BCUT2D eigenvalue weighted by Gasteiger charge is 2.50. The molecule has 154 valence electrons. The lowest BCUT2D eigenvalue weighted by Gasteiger charge is -2.26. The van der Waals surface area contributed by atoms with Crippen LogP contribution >= 0.6 is 0 Å². The Bertz CT molecular complexity index is 814. The van der Waals surface area contributed by atoms with Crippen LogP contribution in [0.5, 0.6) is 0 Å². The maximum absolute atomic E-state index is 12.5. The van der Waals surface area contributed by atoms with Crippen LogP contribution in [0.4, 0.5) is 0 Å². The Morgan fingerprint density at radius 1 is 1.32 bits per heavy atom. The van der Waals surface area contributed by atoms with Crippen molar-refractivity contribution in [2.75, 3.05) is 27.0 Å². The van der Waals surface area contributed by atoms with Crippen molar-refractivity contribution < 1.29 is 31.6 Å². The Kier molecular flexibility index (Phi) is 7.75. The molecule has 1 aliphatic rings. The molecule has 12 heteroatoms. The van der Waals surface area contributed by atoms with E-state index in [4.69, 9.17) is 23.9 Å². The summed E-state index contributed by atoms with van der Waals surface area (Å²) in [4.78, 5) is 15.2. The molecule has 0 spiro atoms. The van der Waals surface area contributed by atoms with E-state index in [2.05, 4.69) is 15.3 Å².